The molecular weight excluding hydrogens is 204 g/mol. The Balaban J connectivity index is 2.08. The maximum atomic E-state index is 12.0. The van der Waals surface area contributed by atoms with Crippen molar-refractivity contribution in [1.82, 2.24) is 15.1 Å². The van der Waals surface area contributed by atoms with Gasteiger partial charge in [0.05, 0.1) is 17.9 Å². The Kier molecular flexibility index (Phi) is 3.24. The number of hydrogen-bond acceptors (Lipinski definition) is 3. The van der Waals surface area contributed by atoms with Crippen molar-refractivity contribution in [2.24, 2.45) is 0 Å². The highest BCUT2D eigenvalue weighted by Crippen LogP contribution is 2.20. The molecule has 1 aromatic rings. The predicted molar refractivity (Wildman–Crippen MR) is 62.3 cm³/mol. The Labute approximate surface area is 95.4 Å². The molecule has 0 saturated carbocycles. The van der Waals surface area contributed by atoms with E-state index in [-0.39, 0.29) is 11.9 Å². The predicted octanol–water partition coefficient (Wildman–Crippen LogP) is 0.618. The van der Waals surface area contributed by atoms with Crippen LogP contribution in [0.25, 0.3) is 0 Å². The van der Waals surface area contributed by atoms with Crippen LogP contribution in [0.1, 0.15) is 20.3 Å². The lowest BCUT2D eigenvalue weighted by molar-refractivity contribution is -0.118. The van der Waals surface area contributed by atoms with Gasteiger partial charge in [-0.25, -0.2) is 0 Å². The number of aromatic nitrogens is 2. The first-order valence-electron chi connectivity index (χ1n) is 5.83. The summed E-state index contributed by atoms with van der Waals surface area (Å²) in [6.07, 6.45) is 4.56. The number of rotatable bonds is 4. The molecule has 0 aliphatic carbocycles. The van der Waals surface area contributed by atoms with Gasteiger partial charge in [0, 0.05) is 19.3 Å². The van der Waals surface area contributed by atoms with Gasteiger partial charge in [-0.1, -0.05) is 6.92 Å². The van der Waals surface area contributed by atoms with Crippen LogP contribution in [0.2, 0.25) is 0 Å². The van der Waals surface area contributed by atoms with Crippen molar-refractivity contribution in [2.45, 2.75) is 32.9 Å². The second-order valence-electron chi connectivity index (χ2n) is 3.94. The minimum absolute atomic E-state index is 0.0185. The van der Waals surface area contributed by atoms with Crippen LogP contribution in [0.5, 0.6) is 0 Å². The number of amides is 1. The van der Waals surface area contributed by atoms with Crippen molar-refractivity contribution in [1.29, 1.82) is 0 Å². The normalized spacial score (nSPS) is 20.8. The Hall–Kier alpha value is -1.36. The lowest BCUT2D eigenvalue weighted by Gasteiger charge is -2.14. The molecule has 2 heterocycles. The molecule has 16 heavy (non-hydrogen) atoms. The van der Waals surface area contributed by atoms with E-state index in [1.54, 1.807) is 6.20 Å². The van der Waals surface area contributed by atoms with Crippen molar-refractivity contribution in [3.63, 3.8) is 0 Å². The SMILES string of the molecule is CCNC1CCN(c2cnn(CC)c2)C1=O. The molecule has 5 nitrogen and oxygen atoms in total. The Bertz CT molecular complexity index is 374. The molecule has 0 bridgehead atoms. The summed E-state index contributed by atoms with van der Waals surface area (Å²) >= 11 is 0. The fourth-order valence-corrected chi connectivity index (χ4v) is 2.04. The maximum absolute atomic E-state index is 12.0. The first kappa shape index (κ1) is 11.1. The number of nitrogens with zero attached hydrogens (tertiary/aromatic N) is 3. The van der Waals surface area contributed by atoms with Crippen LogP contribution < -0.4 is 10.2 Å². The third-order valence-electron chi connectivity index (χ3n) is 2.91. The third-order valence-corrected chi connectivity index (χ3v) is 2.91. The molecule has 5 heteroatoms. The fraction of sp³-hybridized carbons (Fsp3) is 0.636. The largest absolute Gasteiger partial charge is 0.308 e. The van der Waals surface area contributed by atoms with Crippen LogP contribution in [-0.2, 0) is 11.3 Å². The highest BCUT2D eigenvalue weighted by atomic mass is 16.2. The molecule has 1 amide bonds. The van der Waals surface area contributed by atoms with Gasteiger partial charge in [-0.3, -0.25) is 9.48 Å². The van der Waals surface area contributed by atoms with E-state index < -0.39 is 0 Å². The first-order chi connectivity index (χ1) is 7.76. The van der Waals surface area contributed by atoms with Crippen LogP contribution in [-0.4, -0.2) is 34.8 Å². The van der Waals surface area contributed by atoms with Gasteiger partial charge in [0.15, 0.2) is 0 Å². The van der Waals surface area contributed by atoms with E-state index in [1.165, 1.54) is 0 Å². The summed E-state index contributed by atoms with van der Waals surface area (Å²) in [5, 5.41) is 7.38. The summed E-state index contributed by atoms with van der Waals surface area (Å²) in [5.74, 6) is 0.164. The van der Waals surface area contributed by atoms with Crippen LogP contribution in [0.15, 0.2) is 12.4 Å². The lowest BCUT2D eigenvalue weighted by Crippen LogP contribution is -2.38. The number of carbonyl (C=O) groups excluding carboxylic acids is 1. The standard InChI is InChI=1S/C11H18N4O/c1-3-12-10-5-6-15(11(10)16)9-7-13-14(4-2)8-9/h7-8,10,12H,3-6H2,1-2H3. The number of nitrogens with one attached hydrogen (secondary N) is 1. The summed E-state index contributed by atoms with van der Waals surface area (Å²) < 4.78 is 1.84. The van der Waals surface area contributed by atoms with E-state index in [4.69, 9.17) is 0 Å². The van der Waals surface area contributed by atoms with Crippen LogP contribution in [0.4, 0.5) is 5.69 Å². The van der Waals surface area contributed by atoms with Gasteiger partial charge >= 0.3 is 0 Å². The van der Waals surface area contributed by atoms with Gasteiger partial charge in [0.1, 0.15) is 0 Å². The van der Waals surface area contributed by atoms with E-state index in [0.717, 1.165) is 31.7 Å². The summed E-state index contributed by atoms with van der Waals surface area (Å²) in [7, 11) is 0. The molecule has 1 unspecified atom stereocenters. The fourth-order valence-electron chi connectivity index (χ4n) is 2.04. The third kappa shape index (κ3) is 1.95. The summed E-state index contributed by atoms with van der Waals surface area (Å²) in [5.41, 5.74) is 0.909. The van der Waals surface area contributed by atoms with Crippen molar-refractivity contribution in [3.05, 3.63) is 12.4 Å². The molecule has 1 aliphatic heterocycles. The van der Waals surface area contributed by atoms with E-state index in [0.29, 0.717) is 0 Å². The van der Waals surface area contributed by atoms with E-state index in [2.05, 4.69) is 10.4 Å². The summed E-state index contributed by atoms with van der Waals surface area (Å²) in [6, 6.07) is -0.0185. The average Bonchev–Trinajstić information content (AvgIpc) is 2.87. The second kappa shape index (κ2) is 4.65. The minimum Gasteiger partial charge on any atom is -0.308 e. The van der Waals surface area contributed by atoms with Gasteiger partial charge in [-0.05, 0) is 19.9 Å². The number of aryl methyl sites for hydroxylation is 1. The smallest absolute Gasteiger partial charge is 0.244 e. The Morgan fingerprint density at radius 3 is 3.00 bits per heavy atom. The molecule has 1 N–H and O–H groups in total. The zero-order chi connectivity index (χ0) is 11.5. The van der Waals surface area contributed by atoms with Gasteiger partial charge < -0.3 is 10.2 Å². The van der Waals surface area contributed by atoms with Gasteiger partial charge in [0.2, 0.25) is 5.91 Å². The molecule has 1 aromatic heterocycles. The zero-order valence-electron chi connectivity index (χ0n) is 9.81. The van der Waals surface area contributed by atoms with Crippen LogP contribution >= 0.6 is 0 Å². The monoisotopic (exact) mass is 222 g/mol. The molecular formula is C11H18N4O. The van der Waals surface area contributed by atoms with Crippen molar-refractivity contribution in [2.75, 3.05) is 18.0 Å². The highest BCUT2D eigenvalue weighted by molar-refractivity contribution is 5.99. The quantitative estimate of drug-likeness (QED) is 0.812. The van der Waals surface area contributed by atoms with Crippen LogP contribution in [0, 0.1) is 0 Å². The van der Waals surface area contributed by atoms with E-state index in [9.17, 15) is 4.79 Å². The minimum atomic E-state index is -0.0185. The molecule has 0 aromatic carbocycles. The number of likely N-dealkylation sites (N-methyl/N-ethyl adjacent to an activating group) is 1. The molecule has 1 fully saturated rings. The average molecular weight is 222 g/mol. The van der Waals surface area contributed by atoms with Crippen LogP contribution in [0.3, 0.4) is 0 Å². The van der Waals surface area contributed by atoms with Gasteiger partial charge in [-0.15, -0.1) is 0 Å². The molecule has 1 aliphatic rings. The topological polar surface area (TPSA) is 50.2 Å². The Morgan fingerprint density at radius 2 is 2.38 bits per heavy atom. The summed E-state index contributed by atoms with van der Waals surface area (Å²) in [4.78, 5) is 13.8. The number of carbonyl (C=O) groups is 1. The lowest BCUT2D eigenvalue weighted by atomic mass is 10.2. The molecule has 1 atom stereocenters. The van der Waals surface area contributed by atoms with Crippen molar-refractivity contribution in [3.8, 4) is 0 Å². The molecule has 1 saturated heterocycles. The maximum Gasteiger partial charge on any atom is 0.244 e. The first-order valence-corrected chi connectivity index (χ1v) is 5.83. The molecule has 2 rings (SSSR count). The highest BCUT2D eigenvalue weighted by Gasteiger charge is 2.32. The zero-order valence-corrected chi connectivity index (χ0v) is 9.81. The Morgan fingerprint density at radius 1 is 1.56 bits per heavy atom. The molecule has 0 radical (unpaired) electrons. The van der Waals surface area contributed by atoms with Crippen molar-refractivity contribution < 1.29 is 4.79 Å². The van der Waals surface area contributed by atoms with E-state index >= 15 is 0 Å². The van der Waals surface area contributed by atoms with Crippen molar-refractivity contribution >= 4 is 11.6 Å². The van der Waals surface area contributed by atoms with Gasteiger partial charge in [0.25, 0.3) is 0 Å². The molecule has 88 valence electrons. The van der Waals surface area contributed by atoms with E-state index in [1.807, 2.05) is 29.6 Å². The number of hydrogen-bond donors (Lipinski definition) is 1. The summed E-state index contributed by atoms with van der Waals surface area (Å²) in [6.45, 7) is 6.50. The molecule has 0 spiro atoms. The van der Waals surface area contributed by atoms with Gasteiger partial charge in [-0.2, -0.15) is 5.10 Å². The second-order valence-corrected chi connectivity index (χ2v) is 3.94. The number of anilines is 1.